The van der Waals surface area contributed by atoms with Gasteiger partial charge in [0.2, 0.25) is 5.88 Å². The number of anilines is 1. The number of halogens is 2. The van der Waals surface area contributed by atoms with E-state index in [0.29, 0.717) is 16.6 Å². The Hall–Kier alpha value is -1.53. The summed E-state index contributed by atoms with van der Waals surface area (Å²) >= 11 is 8.39. The third-order valence-corrected chi connectivity index (χ3v) is 4.79. The highest BCUT2D eigenvalue weighted by Gasteiger charge is 2.18. The molecule has 0 saturated carbocycles. The Bertz CT molecular complexity index is 814. The number of hydrogen-bond acceptors (Lipinski definition) is 3. The van der Waals surface area contributed by atoms with Crippen molar-refractivity contribution in [2.24, 2.45) is 0 Å². The molecule has 0 radical (unpaired) electrons. The van der Waals surface area contributed by atoms with Crippen LogP contribution >= 0.6 is 34.2 Å². The summed E-state index contributed by atoms with van der Waals surface area (Å²) in [5.74, 6) is 0.310. The molecule has 0 fully saturated rings. The van der Waals surface area contributed by atoms with Gasteiger partial charge in [-0.05, 0) is 47.2 Å². The number of rotatable bonds is 2. The molecule has 0 saturated heterocycles. The van der Waals surface area contributed by atoms with Crippen LogP contribution in [-0.2, 0) is 0 Å². The van der Waals surface area contributed by atoms with Gasteiger partial charge >= 0.3 is 0 Å². The molecule has 21 heavy (non-hydrogen) atoms. The lowest BCUT2D eigenvalue weighted by molar-refractivity contribution is 0.439. The Balaban J connectivity index is 2.19. The summed E-state index contributed by atoms with van der Waals surface area (Å²) in [5.41, 5.74) is 10.5. The van der Waals surface area contributed by atoms with Gasteiger partial charge in [-0.15, -0.1) is 0 Å². The molecule has 3 rings (SSSR count). The summed E-state index contributed by atoms with van der Waals surface area (Å²) in [7, 11) is 0. The maximum atomic E-state index is 6.20. The second-order valence-corrected chi connectivity index (χ2v) is 6.34. The smallest absolute Gasteiger partial charge is 0.230 e. The quantitative estimate of drug-likeness (QED) is 0.594. The van der Waals surface area contributed by atoms with Crippen LogP contribution in [0.3, 0.4) is 0 Å². The molecule has 0 atom stereocenters. The Morgan fingerprint density at radius 2 is 1.95 bits per heavy atom. The van der Waals surface area contributed by atoms with E-state index in [2.05, 4.69) is 33.8 Å². The fourth-order valence-corrected chi connectivity index (χ4v) is 2.74. The monoisotopic (exact) mass is 410 g/mol. The molecule has 3 nitrogen and oxygen atoms in total. The zero-order valence-electron chi connectivity index (χ0n) is 11.2. The van der Waals surface area contributed by atoms with E-state index in [-0.39, 0.29) is 0 Å². The third kappa shape index (κ3) is 2.78. The van der Waals surface area contributed by atoms with Gasteiger partial charge in [-0.25, -0.2) is 0 Å². The van der Waals surface area contributed by atoms with Gasteiger partial charge in [0.1, 0.15) is 5.69 Å². The molecule has 1 heterocycles. The second-order valence-electron chi connectivity index (χ2n) is 4.77. The van der Waals surface area contributed by atoms with E-state index < -0.39 is 0 Å². The van der Waals surface area contributed by atoms with Crippen LogP contribution in [0.1, 0.15) is 5.56 Å². The van der Waals surface area contributed by atoms with Crippen LogP contribution in [0, 0.1) is 10.5 Å². The highest BCUT2D eigenvalue weighted by Crippen LogP contribution is 2.37. The molecule has 5 heteroatoms. The normalized spacial score (nSPS) is 10.8. The Kier molecular flexibility index (Phi) is 3.91. The molecule has 2 N–H and O–H groups in total. The minimum Gasteiger partial charge on any atom is -0.367 e. The molecule has 0 amide bonds. The first-order valence-electron chi connectivity index (χ1n) is 6.34. The molecule has 0 bridgehead atoms. The molecule has 0 spiro atoms. The summed E-state index contributed by atoms with van der Waals surface area (Å²) in [6.45, 7) is 2.04. The van der Waals surface area contributed by atoms with Crippen molar-refractivity contribution in [1.82, 2.24) is 5.16 Å². The van der Waals surface area contributed by atoms with Crippen LogP contribution in [-0.4, -0.2) is 5.16 Å². The van der Waals surface area contributed by atoms with E-state index in [4.69, 9.17) is 21.9 Å². The predicted molar refractivity (Wildman–Crippen MR) is 94.3 cm³/mol. The minimum absolute atomic E-state index is 0.310. The highest BCUT2D eigenvalue weighted by molar-refractivity contribution is 14.1. The summed E-state index contributed by atoms with van der Waals surface area (Å²) in [6.07, 6.45) is 0. The van der Waals surface area contributed by atoms with E-state index in [1.807, 2.05) is 43.3 Å². The minimum atomic E-state index is 0.310. The van der Waals surface area contributed by atoms with E-state index in [1.54, 1.807) is 0 Å². The SMILES string of the molecule is Cc1cccc(-c2c(-c3ccc(I)c(Cl)c3)noc2N)c1. The first kappa shape index (κ1) is 14.4. The zero-order valence-corrected chi connectivity index (χ0v) is 14.1. The van der Waals surface area contributed by atoms with Gasteiger partial charge in [0.25, 0.3) is 0 Å². The van der Waals surface area contributed by atoms with Crippen molar-refractivity contribution in [2.45, 2.75) is 6.92 Å². The molecule has 2 aromatic carbocycles. The van der Waals surface area contributed by atoms with E-state index in [1.165, 1.54) is 0 Å². The number of nitrogens with two attached hydrogens (primary N) is 1. The van der Waals surface area contributed by atoms with Gasteiger partial charge in [0, 0.05) is 9.13 Å². The lowest BCUT2D eigenvalue weighted by atomic mass is 10.00. The molecule has 0 aliphatic rings. The van der Waals surface area contributed by atoms with Crippen molar-refractivity contribution in [3.63, 3.8) is 0 Å². The maximum absolute atomic E-state index is 6.20. The van der Waals surface area contributed by atoms with Crippen LogP contribution in [0.15, 0.2) is 47.0 Å². The van der Waals surface area contributed by atoms with E-state index in [9.17, 15) is 0 Å². The molecule has 0 aliphatic heterocycles. The molecule has 3 aromatic rings. The summed E-state index contributed by atoms with van der Waals surface area (Å²) < 4.78 is 6.19. The molecular weight excluding hydrogens is 399 g/mol. The van der Waals surface area contributed by atoms with Crippen molar-refractivity contribution in [3.8, 4) is 22.4 Å². The fourth-order valence-electron chi connectivity index (χ4n) is 2.22. The number of aromatic nitrogens is 1. The standard InChI is InChI=1S/C16H12ClIN2O/c1-9-3-2-4-10(7-9)14-15(20-21-16(14)19)11-5-6-13(18)12(17)8-11/h2-8H,19H2,1H3. The van der Waals surface area contributed by atoms with Gasteiger partial charge in [0.05, 0.1) is 10.6 Å². The fraction of sp³-hybridized carbons (Fsp3) is 0.0625. The van der Waals surface area contributed by atoms with Crippen LogP contribution < -0.4 is 5.73 Å². The maximum Gasteiger partial charge on any atom is 0.230 e. The predicted octanol–water partition coefficient (Wildman–Crippen LogP) is 5.16. The van der Waals surface area contributed by atoms with Crippen LogP contribution in [0.2, 0.25) is 5.02 Å². The Morgan fingerprint density at radius 3 is 2.67 bits per heavy atom. The lowest BCUT2D eigenvalue weighted by Crippen LogP contribution is -1.89. The lowest BCUT2D eigenvalue weighted by Gasteiger charge is -2.05. The summed E-state index contributed by atoms with van der Waals surface area (Å²) in [5, 5.41) is 4.79. The molecule has 0 aliphatic carbocycles. The topological polar surface area (TPSA) is 52.0 Å². The van der Waals surface area contributed by atoms with Crippen LogP contribution in [0.4, 0.5) is 5.88 Å². The Morgan fingerprint density at radius 1 is 1.14 bits per heavy atom. The number of nitrogens with zero attached hydrogens (tertiary/aromatic N) is 1. The molecule has 0 unspecified atom stereocenters. The number of benzene rings is 2. The number of nitrogen functional groups attached to an aromatic ring is 1. The van der Waals surface area contributed by atoms with Gasteiger partial charge in [0.15, 0.2) is 0 Å². The molecular formula is C16H12ClIN2O. The van der Waals surface area contributed by atoms with Crippen LogP contribution in [0.25, 0.3) is 22.4 Å². The van der Waals surface area contributed by atoms with Gasteiger partial charge < -0.3 is 10.3 Å². The first-order valence-corrected chi connectivity index (χ1v) is 7.79. The Labute approximate surface area is 141 Å². The van der Waals surface area contributed by atoms with E-state index in [0.717, 1.165) is 25.8 Å². The highest BCUT2D eigenvalue weighted by atomic mass is 127. The first-order chi connectivity index (χ1) is 10.1. The number of aryl methyl sites for hydroxylation is 1. The van der Waals surface area contributed by atoms with Crippen molar-refractivity contribution in [3.05, 3.63) is 56.6 Å². The van der Waals surface area contributed by atoms with Gasteiger partial charge in [-0.1, -0.05) is 52.7 Å². The van der Waals surface area contributed by atoms with Gasteiger partial charge in [-0.3, -0.25) is 0 Å². The van der Waals surface area contributed by atoms with Crippen molar-refractivity contribution < 1.29 is 4.52 Å². The van der Waals surface area contributed by atoms with Crippen molar-refractivity contribution in [1.29, 1.82) is 0 Å². The third-order valence-electron chi connectivity index (χ3n) is 3.22. The summed E-state index contributed by atoms with van der Waals surface area (Å²) in [6, 6.07) is 13.9. The van der Waals surface area contributed by atoms with Crippen molar-refractivity contribution in [2.75, 3.05) is 5.73 Å². The molecule has 106 valence electrons. The second kappa shape index (κ2) is 5.69. The van der Waals surface area contributed by atoms with Crippen LogP contribution in [0.5, 0.6) is 0 Å². The number of hydrogen-bond donors (Lipinski definition) is 1. The zero-order chi connectivity index (χ0) is 15.0. The average Bonchev–Trinajstić information content (AvgIpc) is 2.84. The van der Waals surface area contributed by atoms with Crippen molar-refractivity contribution >= 4 is 40.1 Å². The largest absolute Gasteiger partial charge is 0.367 e. The van der Waals surface area contributed by atoms with E-state index >= 15 is 0 Å². The molecule has 1 aromatic heterocycles. The summed E-state index contributed by atoms with van der Waals surface area (Å²) in [4.78, 5) is 0. The average molecular weight is 411 g/mol. The van der Waals surface area contributed by atoms with Gasteiger partial charge in [-0.2, -0.15) is 0 Å².